The van der Waals surface area contributed by atoms with Gasteiger partial charge in [-0.15, -0.1) is 0 Å². The zero-order chi connectivity index (χ0) is 17.5. The van der Waals surface area contributed by atoms with Crippen molar-refractivity contribution in [2.24, 2.45) is 0 Å². The molecule has 0 heterocycles. The van der Waals surface area contributed by atoms with E-state index in [4.69, 9.17) is 0 Å². The van der Waals surface area contributed by atoms with E-state index in [-0.39, 0.29) is 24.4 Å². The van der Waals surface area contributed by atoms with Gasteiger partial charge in [0.15, 0.2) is 0 Å². The molecule has 128 valence electrons. The molecule has 4 nitrogen and oxygen atoms in total. The summed E-state index contributed by atoms with van der Waals surface area (Å²) < 4.78 is 13.5. The van der Waals surface area contributed by atoms with Gasteiger partial charge >= 0.3 is 6.03 Å². The third kappa shape index (κ3) is 5.35. The summed E-state index contributed by atoms with van der Waals surface area (Å²) in [6.45, 7) is 2.69. The molecule has 0 spiro atoms. The van der Waals surface area contributed by atoms with Crippen LogP contribution < -0.4 is 10.6 Å². The average Bonchev–Trinajstić information content (AvgIpc) is 2.56. The Morgan fingerprint density at radius 2 is 1.88 bits per heavy atom. The van der Waals surface area contributed by atoms with E-state index in [1.54, 1.807) is 13.0 Å². The second-order valence-corrected chi connectivity index (χ2v) is 6.14. The van der Waals surface area contributed by atoms with Crippen molar-refractivity contribution in [3.05, 3.63) is 71.0 Å². The molecule has 0 aromatic heterocycles. The molecule has 0 fully saturated rings. The van der Waals surface area contributed by atoms with Gasteiger partial charge in [0.05, 0.1) is 6.04 Å². The van der Waals surface area contributed by atoms with Gasteiger partial charge in [-0.25, -0.2) is 9.18 Å². The molecule has 2 rings (SSSR count). The number of hydrogen-bond acceptors (Lipinski definition) is 2. The lowest BCUT2D eigenvalue weighted by atomic mass is 10.1. The van der Waals surface area contributed by atoms with E-state index in [1.807, 2.05) is 55.4 Å². The number of carbonyl (C=O) groups excluding carboxylic acids is 1. The van der Waals surface area contributed by atoms with E-state index in [0.717, 1.165) is 11.1 Å². The summed E-state index contributed by atoms with van der Waals surface area (Å²) >= 11 is 0. The molecule has 2 amide bonds. The number of hydrogen-bond donors (Lipinski definition) is 2. The van der Waals surface area contributed by atoms with Crippen LogP contribution in [0.5, 0.6) is 0 Å². The summed E-state index contributed by atoms with van der Waals surface area (Å²) in [5.74, 6) is -0.260. The Morgan fingerprint density at radius 3 is 2.50 bits per heavy atom. The first-order chi connectivity index (χ1) is 11.5. The van der Waals surface area contributed by atoms with Crippen LogP contribution in [-0.4, -0.2) is 31.6 Å². The number of benzene rings is 2. The van der Waals surface area contributed by atoms with Crippen molar-refractivity contribution in [3.8, 4) is 0 Å². The van der Waals surface area contributed by atoms with Gasteiger partial charge in [-0.2, -0.15) is 0 Å². The van der Waals surface area contributed by atoms with Crippen molar-refractivity contribution >= 4 is 6.03 Å². The zero-order valence-corrected chi connectivity index (χ0v) is 14.3. The van der Waals surface area contributed by atoms with E-state index in [1.165, 1.54) is 6.07 Å². The van der Waals surface area contributed by atoms with Gasteiger partial charge in [0.1, 0.15) is 5.82 Å². The van der Waals surface area contributed by atoms with Gasteiger partial charge < -0.3 is 15.5 Å². The molecule has 1 atom stereocenters. The van der Waals surface area contributed by atoms with Crippen molar-refractivity contribution < 1.29 is 9.18 Å². The molecule has 0 bridgehead atoms. The Balaban J connectivity index is 1.96. The fourth-order valence-corrected chi connectivity index (χ4v) is 2.42. The van der Waals surface area contributed by atoms with Crippen LogP contribution in [0.4, 0.5) is 9.18 Å². The molecule has 0 aliphatic heterocycles. The maximum atomic E-state index is 13.5. The number of likely N-dealkylation sites (N-methyl/N-ethyl adjacent to an activating group) is 1. The van der Waals surface area contributed by atoms with Gasteiger partial charge in [0.25, 0.3) is 0 Å². The molecule has 5 heteroatoms. The first-order valence-electron chi connectivity index (χ1n) is 7.95. The van der Waals surface area contributed by atoms with Crippen LogP contribution in [0.15, 0.2) is 48.5 Å². The summed E-state index contributed by atoms with van der Waals surface area (Å²) in [5, 5.41) is 5.76. The molecular weight excluding hydrogens is 305 g/mol. The minimum atomic E-state index is -0.272. The minimum absolute atomic E-state index is 0.115. The van der Waals surface area contributed by atoms with E-state index in [2.05, 4.69) is 10.6 Å². The Bertz CT molecular complexity index is 674. The fourth-order valence-electron chi connectivity index (χ4n) is 2.42. The Morgan fingerprint density at radius 1 is 1.17 bits per heavy atom. The van der Waals surface area contributed by atoms with Gasteiger partial charge in [-0.3, -0.25) is 0 Å². The molecule has 1 unspecified atom stereocenters. The zero-order valence-electron chi connectivity index (χ0n) is 14.3. The lowest BCUT2D eigenvalue weighted by Crippen LogP contribution is -2.41. The first-order valence-corrected chi connectivity index (χ1v) is 7.95. The second-order valence-electron chi connectivity index (χ2n) is 6.14. The molecule has 24 heavy (non-hydrogen) atoms. The SMILES string of the molecule is Cc1ccc(CNC(=O)NC(CN(C)C)c2ccccc2)cc1F. The summed E-state index contributed by atoms with van der Waals surface area (Å²) in [6.07, 6.45) is 0. The number of nitrogens with one attached hydrogen (secondary N) is 2. The normalized spacial score (nSPS) is 12.0. The van der Waals surface area contributed by atoms with Gasteiger partial charge in [0.2, 0.25) is 0 Å². The highest BCUT2D eigenvalue weighted by molar-refractivity contribution is 5.74. The smallest absolute Gasteiger partial charge is 0.315 e. The minimum Gasteiger partial charge on any atom is -0.334 e. The molecule has 0 radical (unpaired) electrons. The summed E-state index contributed by atoms with van der Waals surface area (Å²) in [7, 11) is 3.93. The quantitative estimate of drug-likeness (QED) is 0.854. The number of nitrogens with zero attached hydrogens (tertiary/aromatic N) is 1. The predicted molar refractivity (Wildman–Crippen MR) is 94.2 cm³/mol. The van der Waals surface area contributed by atoms with Gasteiger partial charge in [-0.05, 0) is 43.8 Å². The molecule has 0 saturated heterocycles. The summed E-state index contributed by atoms with van der Waals surface area (Å²) in [5.41, 5.74) is 2.37. The Hall–Kier alpha value is -2.40. The number of urea groups is 1. The van der Waals surface area contributed by atoms with Crippen molar-refractivity contribution in [2.45, 2.75) is 19.5 Å². The summed E-state index contributed by atoms with van der Waals surface area (Å²) in [4.78, 5) is 14.2. The van der Waals surface area contributed by atoms with Gasteiger partial charge in [-0.1, -0.05) is 42.5 Å². The fraction of sp³-hybridized carbons (Fsp3) is 0.316. The average molecular weight is 329 g/mol. The van der Waals surface area contributed by atoms with E-state index < -0.39 is 0 Å². The monoisotopic (exact) mass is 329 g/mol. The number of carbonyl (C=O) groups is 1. The van der Waals surface area contributed by atoms with Crippen LogP contribution in [0.1, 0.15) is 22.7 Å². The third-order valence-electron chi connectivity index (χ3n) is 3.74. The maximum Gasteiger partial charge on any atom is 0.315 e. The van der Waals surface area contributed by atoms with Crippen LogP contribution in [-0.2, 0) is 6.54 Å². The number of amides is 2. The van der Waals surface area contributed by atoms with Crippen LogP contribution in [0, 0.1) is 12.7 Å². The van der Waals surface area contributed by atoms with E-state index in [0.29, 0.717) is 12.1 Å². The van der Waals surface area contributed by atoms with Crippen molar-refractivity contribution in [1.29, 1.82) is 0 Å². The van der Waals surface area contributed by atoms with Crippen LogP contribution in [0.2, 0.25) is 0 Å². The van der Waals surface area contributed by atoms with E-state index in [9.17, 15) is 9.18 Å². The lowest BCUT2D eigenvalue weighted by Gasteiger charge is -2.23. The van der Waals surface area contributed by atoms with Crippen LogP contribution >= 0.6 is 0 Å². The molecule has 2 aromatic carbocycles. The van der Waals surface area contributed by atoms with Crippen molar-refractivity contribution in [1.82, 2.24) is 15.5 Å². The van der Waals surface area contributed by atoms with Gasteiger partial charge in [0, 0.05) is 13.1 Å². The van der Waals surface area contributed by atoms with Crippen molar-refractivity contribution in [2.75, 3.05) is 20.6 Å². The number of rotatable bonds is 6. The standard InChI is InChI=1S/C19H24FN3O/c1-14-9-10-15(11-17(14)20)12-21-19(24)22-18(13-23(2)3)16-7-5-4-6-8-16/h4-11,18H,12-13H2,1-3H3,(H2,21,22,24). The number of halogens is 1. The first kappa shape index (κ1) is 17.9. The maximum absolute atomic E-state index is 13.5. The second kappa shape index (κ2) is 8.45. The third-order valence-corrected chi connectivity index (χ3v) is 3.74. The highest BCUT2D eigenvalue weighted by atomic mass is 19.1. The number of aryl methyl sites for hydroxylation is 1. The molecular formula is C19H24FN3O. The Labute approximate surface area is 142 Å². The van der Waals surface area contributed by atoms with Crippen molar-refractivity contribution in [3.63, 3.8) is 0 Å². The van der Waals surface area contributed by atoms with Crippen LogP contribution in [0.3, 0.4) is 0 Å². The highest BCUT2D eigenvalue weighted by Gasteiger charge is 2.15. The largest absolute Gasteiger partial charge is 0.334 e. The molecule has 0 aliphatic carbocycles. The summed E-state index contributed by atoms with van der Waals surface area (Å²) in [6, 6.07) is 14.4. The lowest BCUT2D eigenvalue weighted by molar-refractivity contribution is 0.232. The molecule has 2 N–H and O–H groups in total. The topological polar surface area (TPSA) is 44.4 Å². The van der Waals surface area contributed by atoms with E-state index >= 15 is 0 Å². The highest BCUT2D eigenvalue weighted by Crippen LogP contribution is 2.13. The Kier molecular flexibility index (Phi) is 6.32. The van der Waals surface area contributed by atoms with Crippen LogP contribution in [0.25, 0.3) is 0 Å². The molecule has 0 saturated carbocycles. The molecule has 2 aromatic rings. The predicted octanol–water partition coefficient (Wildman–Crippen LogP) is 3.24. The molecule has 0 aliphatic rings.